The molecule has 0 saturated heterocycles. The Morgan fingerprint density at radius 3 is 3.00 bits per heavy atom. The Bertz CT molecular complexity index is 316. The number of tetrazole rings is 1. The summed E-state index contributed by atoms with van der Waals surface area (Å²) in [7, 11) is 1.77. The number of nitriles is 1. The Morgan fingerprint density at radius 1 is 1.71 bits per heavy atom. The minimum Gasteiger partial charge on any atom is -0.302 e. The molecule has 0 aliphatic heterocycles. The van der Waals surface area contributed by atoms with Gasteiger partial charge in [0.15, 0.2) is 0 Å². The minimum absolute atomic E-state index is 0.151. The molecule has 1 unspecified atom stereocenters. The van der Waals surface area contributed by atoms with Crippen LogP contribution in [-0.4, -0.2) is 38.5 Å². The van der Waals surface area contributed by atoms with E-state index in [0.29, 0.717) is 5.75 Å². The second-order valence-corrected chi connectivity index (χ2v) is 3.62. The fourth-order valence-electron chi connectivity index (χ4n) is 0.890. The van der Waals surface area contributed by atoms with E-state index in [-0.39, 0.29) is 6.04 Å². The third-order valence-electron chi connectivity index (χ3n) is 1.57. The van der Waals surface area contributed by atoms with Gasteiger partial charge in [0, 0.05) is 12.8 Å². The Morgan fingerprint density at radius 2 is 2.50 bits per heavy atom. The first-order valence-electron chi connectivity index (χ1n) is 4.26. The van der Waals surface area contributed by atoms with Crippen molar-refractivity contribution < 1.29 is 0 Å². The fraction of sp³-hybridized carbons (Fsp3) is 0.714. The van der Waals surface area contributed by atoms with Crippen LogP contribution in [0.2, 0.25) is 0 Å². The molecule has 1 rings (SSSR count). The lowest BCUT2D eigenvalue weighted by Gasteiger charge is -2.07. The quantitative estimate of drug-likeness (QED) is 0.681. The highest BCUT2D eigenvalue weighted by molar-refractivity contribution is 7.99. The van der Waals surface area contributed by atoms with Crippen LogP contribution in [0, 0.1) is 11.3 Å². The Balaban J connectivity index is 2.40. The Kier molecular flexibility index (Phi) is 4.35. The summed E-state index contributed by atoms with van der Waals surface area (Å²) in [6.45, 7) is 2.76. The standard InChI is InChI=1S/C7H12N6S/c1-3-9-6(4-8)5-14-7-10-11-12-13(7)2/h6,9H,3,5H2,1-2H3. The maximum absolute atomic E-state index is 8.77. The summed E-state index contributed by atoms with van der Waals surface area (Å²) in [5.74, 6) is 0.651. The number of thioether (sulfide) groups is 1. The van der Waals surface area contributed by atoms with Gasteiger partial charge in [0.05, 0.1) is 6.07 Å². The van der Waals surface area contributed by atoms with E-state index >= 15 is 0 Å². The summed E-state index contributed by atoms with van der Waals surface area (Å²) >= 11 is 1.47. The summed E-state index contributed by atoms with van der Waals surface area (Å²) in [5.41, 5.74) is 0. The third-order valence-corrected chi connectivity index (χ3v) is 2.67. The molecule has 0 aromatic carbocycles. The van der Waals surface area contributed by atoms with E-state index in [1.807, 2.05) is 6.92 Å². The minimum atomic E-state index is -0.151. The van der Waals surface area contributed by atoms with Crippen LogP contribution < -0.4 is 5.32 Å². The first-order valence-corrected chi connectivity index (χ1v) is 5.24. The average Bonchev–Trinajstić information content (AvgIpc) is 2.59. The third kappa shape index (κ3) is 2.97. The number of hydrogen-bond acceptors (Lipinski definition) is 6. The topological polar surface area (TPSA) is 79.4 Å². The molecule has 1 atom stereocenters. The van der Waals surface area contributed by atoms with Crippen LogP contribution in [0.5, 0.6) is 0 Å². The van der Waals surface area contributed by atoms with Crippen molar-refractivity contribution >= 4 is 11.8 Å². The van der Waals surface area contributed by atoms with Gasteiger partial charge in [-0.3, -0.25) is 0 Å². The Hall–Kier alpha value is -1.13. The summed E-state index contributed by atoms with van der Waals surface area (Å²) < 4.78 is 1.59. The molecule has 0 aliphatic rings. The van der Waals surface area contributed by atoms with Crippen LogP contribution in [0.1, 0.15) is 6.92 Å². The number of aryl methyl sites for hydroxylation is 1. The van der Waals surface area contributed by atoms with Crippen molar-refractivity contribution in [3.63, 3.8) is 0 Å². The summed E-state index contributed by atoms with van der Waals surface area (Å²) in [6, 6.07) is 2.02. The largest absolute Gasteiger partial charge is 0.302 e. The average molecular weight is 212 g/mol. The molecule has 6 nitrogen and oxygen atoms in total. The first kappa shape index (κ1) is 10.9. The van der Waals surface area contributed by atoms with Crippen molar-refractivity contribution in [3.8, 4) is 6.07 Å². The van der Waals surface area contributed by atoms with Crippen LogP contribution in [0.4, 0.5) is 0 Å². The molecule has 1 heterocycles. The molecule has 7 heteroatoms. The normalized spacial score (nSPS) is 12.4. The second kappa shape index (κ2) is 5.57. The van der Waals surface area contributed by atoms with Crippen LogP contribution in [-0.2, 0) is 7.05 Å². The smallest absolute Gasteiger partial charge is 0.209 e. The van der Waals surface area contributed by atoms with Gasteiger partial charge in [-0.25, -0.2) is 4.68 Å². The van der Waals surface area contributed by atoms with Gasteiger partial charge < -0.3 is 5.32 Å². The molecule has 14 heavy (non-hydrogen) atoms. The van der Waals surface area contributed by atoms with Crippen molar-refractivity contribution in [1.29, 1.82) is 5.26 Å². The maximum Gasteiger partial charge on any atom is 0.209 e. The molecule has 0 aliphatic carbocycles. The lowest BCUT2D eigenvalue weighted by Crippen LogP contribution is -2.29. The lowest BCUT2D eigenvalue weighted by atomic mass is 10.4. The summed E-state index contributed by atoms with van der Waals surface area (Å²) in [5, 5.41) is 23.6. The monoisotopic (exact) mass is 212 g/mol. The van der Waals surface area contributed by atoms with E-state index in [4.69, 9.17) is 5.26 Å². The van der Waals surface area contributed by atoms with Crippen LogP contribution in [0.3, 0.4) is 0 Å². The number of rotatable bonds is 5. The molecular weight excluding hydrogens is 200 g/mol. The van der Waals surface area contributed by atoms with Crippen LogP contribution in [0.15, 0.2) is 5.16 Å². The van der Waals surface area contributed by atoms with Crippen molar-refractivity contribution in [2.24, 2.45) is 7.05 Å². The predicted molar refractivity (Wildman–Crippen MR) is 52.6 cm³/mol. The fourth-order valence-corrected chi connectivity index (χ4v) is 1.72. The van der Waals surface area contributed by atoms with Crippen molar-refractivity contribution in [1.82, 2.24) is 25.5 Å². The second-order valence-electron chi connectivity index (χ2n) is 2.64. The molecule has 0 bridgehead atoms. The van der Waals surface area contributed by atoms with Crippen molar-refractivity contribution in [2.45, 2.75) is 18.1 Å². The van der Waals surface area contributed by atoms with Crippen LogP contribution >= 0.6 is 11.8 Å². The Labute approximate surface area is 86.7 Å². The van der Waals surface area contributed by atoms with Gasteiger partial charge >= 0.3 is 0 Å². The van der Waals surface area contributed by atoms with Gasteiger partial charge in [0.1, 0.15) is 6.04 Å². The maximum atomic E-state index is 8.77. The van der Waals surface area contributed by atoms with Gasteiger partial charge in [0.2, 0.25) is 5.16 Å². The first-order chi connectivity index (χ1) is 6.77. The number of nitrogens with zero attached hydrogens (tertiary/aromatic N) is 5. The number of nitrogens with one attached hydrogen (secondary N) is 1. The molecular formula is C7H12N6S. The number of aromatic nitrogens is 4. The summed E-state index contributed by atoms with van der Waals surface area (Å²) in [6.07, 6.45) is 0. The molecule has 0 spiro atoms. The van der Waals surface area contributed by atoms with Crippen LogP contribution in [0.25, 0.3) is 0 Å². The zero-order chi connectivity index (χ0) is 10.4. The SMILES string of the molecule is CCNC(C#N)CSc1nnnn1C. The molecule has 0 radical (unpaired) electrons. The lowest BCUT2D eigenvalue weighted by molar-refractivity contribution is 0.657. The summed E-state index contributed by atoms with van der Waals surface area (Å²) in [4.78, 5) is 0. The van der Waals surface area contributed by atoms with Gasteiger partial charge in [0.25, 0.3) is 0 Å². The van der Waals surface area contributed by atoms with E-state index in [9.17, 15) is 0 Å². The highest BCUT2D eigenvalue weighted by Crippen LogP contribution is 2.12. The van der Waals surface area contributed by atoms with Gasteiger partial charge in [-0.05, 0) is 17.0 Å². The highest BCUT2D eigenvalue weighted by atomic mass is 32.2. The molecule has 1 aromatic heterocycles. The van der Waals surface area contributed by atoms with Crippen molar-refractivity contribution in [3.05, 3.63) is 0 Å². The van der Waals surface area contributed by atoms with Gasteiger partial charge in [-0.15, -0.1) is 5.10 Å². The molecule has 1 N–H and O–H groups in total. The highest BCUT2D eigenvalue weighted by Gasteiger charge is 2.09. The zero-order valence-corrected chi connectivity index (χ0v) is 8.95. The van der Waals surface area contributed by atoms with E-state index < -0.39 is 0 Å². The van der Waals surface area contributed by atoms with Gasteiger partial charge in [-0.2, -0.15) is 5.26 Å². The zero-order valence-electron chi connectivity index (χ0n) is 8.14. The molecule has 1 aromatic rings. The predicted octanol–water partition coefficient (Wildman–Crippen LogP) is -0.196. The molecule has 0 saturated carbocycles. The number of hydrogen-bond donors (Lipinski definition) is 1. The van der Waals surface area contributed by atoms with Gasteiger partial charge in [-0.1, -0.05) is 18.7 Å². The van der Waals surface area contributed by atoms with E-state index in [2.05, 4.69) is 26.9 Å². The van der Waals surface area contributed by atoms with E-state index in [1.54, 1.807) is 11.7 Å². The van der Waals surface area contributed by atoms with E-state index in [1.165, 1.54) is 11.8 Å². The molecule has 76 valence electrons. The van der Waals surface area contributed by atoms with E-state index in [0.717, 1.165) is 11.7 Å². The van der Waals surface area contributed by atoms with Crippen molar-refractivity contribution in [2.75, 3.05) is 12.3 Å². The molecule has 0 amide bonds. The molecule has 0 fully saturated rings.